The summed E-state index contributed by atoms with van der Waals surface area (Å²) in [7, 11) is 0. The van der Waals surface area contributed by atoms with Gasteiger partial charge in [0.2, 0.25) is 0 Å². The van der Waals surface area contributed by atoms with E-state index in [0.717, 1.165) is 31.6 Å². The Labute approximate surface area is 118 Å². The number of allylic oxidation sites excluding steroid dienone is 2. The van der Waals surface area contributed by atoms with Crippen LogP contribution in [0.5, 0.6) is 5.75 Å². The molecule has 1 nitrogen and oxygen atoms in total. The van der Waals surface area contributed by atoms with Gasteiger partial charge in [0, 0.05) is 0 Å². The lowest BCUT2D eigenvalue weighted by Gasteiger charge is -2.15. The van der Waals surface area contributed by atoms with Crippen LogP contribution in [0.25, 0.3) is 0 Å². The number of benzene rings is 1. The van der Waals surface area contributed by atoms with Crippen LogP contribution in [0.3, 0.4) is 0 Å². The Balaban J connectivity index is 2.81. The third kappa shape index (κ3) is 5.10. The fraction of sp³-hybridized carbons (Fsp3) is 0.556. The van der Waals surface area contributed by atoms with Crippen LogP contribution in [-0.2, 0) is 6.42 Å². The van der Waals surface area contributed by atoms with Crippen molar-refractivity contribution in [3.8, 4) is 5.75 Å². The molecule has 19 heavy (non-hydrogen) atoms. The fourth-order valence-corrected chi connectivity index (χ4v) is 2.34. The summed E-state index contributed by atoms with van der Waals surface area (Å²) in [5.41, 5.74) is 4.17. The van der Waals surface area contributed by atoms with Crippen molar-refractivity contribution < 1.29 is 4.74 Å². The predicted octanol–water partition coefficient (Wildman–Crippen LogP) is 5.24. The molecule has 0 spiro atoms. The second-order valence-electron chi connectivity index (χ2n) is 5.40. The van der Waals surface area contributed by atoms with Crippen molar-refractivity contribution in [3.05, 3.63) is 41.0 Å². The molecule has 0 aliphatic rings. The molecule has 1 unspecified atom stereocenters. The molecule has 0 heterocycles. The summed E-state index contributed by atoms with van der Waals surface area (Å²) < 4.78 is 5.73. The first-order valence-corrected chi connectivity index (χ1v) is 7.48. The minimum Gasteiger partial charge on any atom is -0.494 e. The third-order valence-electron chi connectivity index (χ3n) is 3.37. The smallest absolute Gasteiger partial charge is 0.119 e. The molecule has 0 fully saturated rings. The predicted molar refractivity (Wildman–Crippen MR) is 84.0 cm³/mol. The van der Waals surface area contributed by atoms with Crippen LogP contribution in [0.4, 0.5) is 0 Å². The van der Waals surface area contributed by atoms with E-state index in [4.69, 9.17) is 4.74 Å². The number of hydrogen-bond donors (Lipinski definition) is 0. The van der Waals surface area contributed by atoms with Gasteiger partial charge in [-0.1, -0.05) is 32.9 Å². The van der Waals surface area contributed by atoms with Crippen molar-refractivity contribution in [1.29, 1.82) is 0 Å². The highest BCUT2D eigenvalue weighted by Gasteiger charge is 2.08. The van der Waals surface area contributed by atoms with Gasteiger partial charge in [-0.2, -0.15) is 0 Å². The van der Waals surface area contributed by atoms with Crippen LogP contribution < -0.4 is 4.74 Å². The molecule has 1 heteroatoms. The summed E-state index contributed by atoms with van der Waals surface area (Å²) in [4.78, 5) is 0. The Morgan fingerprint density at radius 2 is 1.79 bits per heavy atom. The highest BCUT2D eigenvalue weighted by molar-refractivity contribution is 5.41. The van der Waals surface area contributed by atoms with Crippen LogP contribution in [0.2, 0.25) is 0 Å². The largest absolute Gasteiger partial charge is 0.494 e. The van der Waals surface area contributed by atoms with E-state index in [1.165, 1.54) is 16.7 Å². The monoisotopic (exact) mass is 260 g/mol. The number of rotatable bonds is 7. The molecule has 1 atom stereocenters. The first-order chi connectivity index (χ1) is 9.08. The van der Waals surface area contributed by atoms with Gasteiger partial charge in [-0.3, -0.25) is 0 Å². The van der Waals surface area contributed by atoms with Gasteiger partial charge >= 0.3 is 0 Å². The van der Waals surface area contributed by atoms with E-state index in [0.29, 0.717) is 5.92 Å². The summed E-state index contributed by atoms with van der Waals surface area (Å²) >= 11 is 0. The van der Waals surface area contributed by atoms with Gasteiger partial charge in [0.15, 0.2) is 0 Å². The zero-order valence-electron chi connectivity index (χ0n) is 13.1. The number of ether oxygens (including phenoxy) is 1. The van der Waals surface area contributed by atoms with Crippen LogP contribution in [-0.4, -0.2) is 6.61 Å². The van der Waals surface area contributed by atoms with Crippen molar-refractivity contribution in [1.82, 2.24) is 0 Å². The Hall–Kier alpha value is -1.24. The average molecular weight is 260 g/mol. The Morgan fingerprint density at radius 3 is 2.32 bits per heavy atom. The summed E-state index contributed by atoms with van der Waals surface area (Å²) in [6.07, 6.45) is 7.86. The van der Waals surface area contributed by atoms with E-state index < -0.39 is 0 Å². The van der Waals surface area contributed by atoms with Gasteiger partial charge < -0.3 is 4.74 Å². The van der Waals surface area contributed by atoms with E-state index in [9.17, 15) is 0 Å². The van der Waals surface area contributed by atoms with Crippen molar-refractivity contribution >= 4 is 0 Å². The molecule has 0 aliphatic carbocycles. The molecular formula is C18H28O. The minimum atomic E-state index is 0.597. The molecular weight excluding hydrogens is 232 g/mol. The van der Waals surface area contributed by atoms with Gasteiger partial charge in [0.1, 0.15) is 5.75 Å². The maximum Gasteiger partial charge on any atom is 0.119 e. The third-order valence-corrected chi connectivity index (χ3v) is 3.37. The molecule has 0 saturated carbocycles. The van der Waals surface area contributed by atoms with E-state index in [2.05, 4.69) is 58.9 Å². The molecule has 0 aliphatic heterocycles. The highest BCUT2D eigenvalue weighted by Crippen LogP contribution is 2.24. The Kier molecular flexibility index (Phi) is 6.69. The van der Waals surface area contributed by atoms with Crippen molar-refractivity contribution in [2.75, 3.05) is 6.61 Å². The Bertz CT molecular complexity index is 395. The maximum atomic E-state index is 5.73. The standard InChI is InChI=1S/C18H28O/c1-6-8-9-14(3)11-18-15(4)12-17(13-16(18)5)19-10-7-2/h8-9,12-14H,6-7,10-11H2,1-5H3/b9-8-. The first kappa shape index (κ1) is 15.8. The topological polar surface area (TPSA) is 9.23 Å². The van der Waals surface area contributed by atoms with E-state index in [-0.39, 0.29) is 0 Å². The highest BCUT2D eigenvalue weighted by atomic mass is 16.5. The number of aryl methyl sites for hydroxylation is 2. The second kappa shape index (κ2) is 8.04. The van der Waals surface area contributed by atoms with Gasteiger partial charge in [-0.15, -0.1) is 0 Å². The zero-order valence-corrected chi connectivity index (χ0v) is 13.1. The van der Waals surface area contributed by atoms with Gasteiger partial charge in [0.25, 0.3) is 0 Å². The van der Waals surface area contributed by atoms with Crippen molar-refractivity contribution in [2.45, 2.75) is 53.9 Å². The van der Waals surface area contributed by atoms with Crippen LogP contribution in [0, 0.1) is 19.8 Å². The normalized spacial score (nSPS) is 12.9. The molecule has 0 bridgehead atoms. The summed E-state index contributed by atoms with van der Waals surface area (Å²) in [6, 6.07) is 4.35. The molecule has 1 aromatic rings. The lowest BCUT2D eigenvalue weighted by atomic mass is 9.93. The summed E-state index contributed by atoms with van der Waals surface area (Å²) in [6.45, 7) is 11.8. The quantitative estimate of drug-likeness (QED) is 0.609. The molecule has 0 radical (unpaired) electrons. The molecule has 0 saturated heterocycles. The lowest BCUT2D eigenvalue weighted by molar-refractivity contribution is 0.317. The summed E-state index contributed by atoms with van der Waals surface area (Å²) in [5.74, 6) is 1.61. The maximum absolute atomic E-state index is 5.73. The minimum absolute atomic E-state index is 0.597. The summed E-state index contributed by atoms with van der Waals surface area (Å²) in [5, 5.41) is 0. The van der Waals surface area contributed by atoms with Gasteiger partial charge in [-0.25, -0.2) is 0 Å². The van der Waals surface area contributed by atoms with Crippen molar-refractivity contribution in [2.24, 2.45) is 5.92 Å². The van der Waals surface area contributed by atoms with E-state index in [1.54, 1.807) is 0 Å². The molecule has 1 rings (SSSR count). The molecule has 1 aromatic carbocycles. The first-order valence-electron chi connectivity index (χ1n) is 7.48. The van der Waals surface area contributed by atoms with Crippen LogP contribution in [0.15, 0.2) is 24.3 Å². The SMILES string of the molecule is CC/C=C\C(C)Cc1c(C)cc(OCCC)cc1C. The zero-order chi connectivity index (χ0) is 14.3. The molecule has 106 valence electrons. The molecule has 0 amide bonds. The van der Waals surface area contributed by atoms with Gasteiger partial charge in [0.05, 0.1) is 6.61 Å². The van der Waals surface area contributed by atoms with Crippen LogP contribution in [0.1, 0.15) is 50.3 Å². The second-order valence-corrected chi connectivity index (χ2v) is 5.40. The fourth-order valence-electron chi connectivity index (χ4n) is 2.34. The molecule has 0 N–H and O–H groups in total. The lowest BCUT2D eigenvalue weighted by Crippen LogP contribution is -2.03. The molecule has 0 aromatic heterocycles. The van der Waals surface area contributed by atoms with E-state index in [1.807, 2.05) is 0 Å². The average Bonchev–Trinajstić information content (AvgIpc) is 2.38. The van der Waals surface area contributed by atoms with Crippen LogP contribution >= 0.6 is 0 Å². The van der Waals surface area contributed by atoms with Gasteiger partial charge in [-0.05, 0) is 67.9 Å². The Morgan fingerprint density at radius 1 is 1.16 bits per heavy atom. The number of hydrogen-bond acceptors (Lipinski definition) is 1. The van der Waals surface area contributed by atoms with Crippen molar-refractivity contribution in [3.63, 3.8) is 0 Å². The van der Waals surface area contributed by atoms with E-state index >= 15 is 0 Å².